The van der Waals surface area contributed by atoms with Crippen LogP contribution in [0, 0.1) is 0 Å². The molecule has 2 N–H and O–H groups in total. The first-order chi connectivity index (χ1) is 8.84. The van der Waals surface area contributed by atoms with Crippen molar-refractivity contribution in [3.63, 3.8) is 0 Å². The van der Waals surface area contributed by atoms with Gasteiger partial charge in [-0.2, -0.15) is 0 Å². The third-order valence-electron chi connectivity index (χ3n) is 2.61. The lowest BCUT2D eigenvalue weighted by atomic mass is 10.1. The van der Waals surface area contributed by atoms with Crippen LogP contribution in [0.2, 0.25) is 0 Å². The molecule has 0 radical (unpaired) electrons. The van der Waals surface area contributed by atoms with E-state index in [-0.39, 0.29) is 5.75 Å². The Morgan fingerprint density at radius 2 is 1.94 bits per heavy atom. The second kappa shape index (κ2) is 4.29. The van der Waals surface area contributed by atoms with Crippen molar-refractivity contribution < 1.29 is 5.11 Å². The van der Waals surface area contributed by atoms with Gasteiger partial charge in [-0.1, -0.05) is 30.3 Å². The van der Waals surface area contributed by atoms with E-state index in [0.717, 1.165) is 10.8 Å². The highest BCUT2D eigenvalue weighted by molar-refractivity contribution is 5.95. The van der Waals surface area contributed by atoms with Gasteiger partial charge in [-0.25, -0.2) is 4.98 Å². The van der Waals surface area contributed by atoms with Crippen LogP contribution in [0.3, 0.4) is 0 Å². The van der Waals surface area contributed by atoms with Gasteiger partial charge in [0.2, 0.25) is 5.95 Å². The predicted molar refractivity (Wildman–Crippen MR) is 68.4 cm³/mol. The number of phenolic OH excluding ortho intramolecular Hbond substituents is 1. The quantitative estimate of drug-likeness (QED) is 0.668. The number of aromatic amines is 1. The maximum Gasteiger partial charge on any atom is 0.246 e. The van der Waals surface area contributed by atoms with Crippen LogP contribution in [-0.2, 0) is 0 Å². The number of azo groups is 1. The zero-order valence-electron chi connectivity index (χ0n) is 9.41. The molecule has 18 heavy (non-hydrogen) atoms. The number of rotatable bonds is 2. The number of imidazole rings is 1. The van der Waals surface area contributed by atoms with Gasteiger partial charge in [0.25, 0.3) is 0 Å². The van der Waals surface area contributed by atoms with E-state index in [1.165, 1.54) is 0 Å². The van der Waals surface area contributed by atoms with Gasteiger partial charge in [0.05, 0.1) is 0 Å². The van der Waals surface area contributed by atoms with Gasteiger partial charge in [0.1, 0.15) is 11.4 Å². The van der Waals surface area contributed by atoms with Gasteiger partial charge in [-0.05, 0) is 11.5 Å². The minimum absolute atomic E-state index is 0.101. The van der Waals surface area contributed by atoms with E-state index in [1.54, 1.807) is 18.5 Å². The first-order valence-corrected chi connectivity index (χ1v) is 5.46. The average molecular weight is 238 g/mol. The van der Waals surface area contributed by atoms with E-state index in [0.29, 0.717) is 11.6 Å². The fourth-order valence-electron chi connectivity index (χ4n) is 1.76. The number of H-pyrrole nitrogens is 1. The second-order valence-corrected chi connectivity index (χ2v) is 3.77. The molecule has 0 aliphatic heterocycles. The van der Waals surface area contributed by atoms with Crippen molar-refractivity contribution in [2.24, 2.45) is 10.2 Å². The number of aromatic hydroxyl groups is 1. The summed E-state index contributed by atoms with van der Waals surface area (Å²) in [5, 5.41) is 19.7. The van der Waals surface area contributed by atoms with Crippen LogP contribution in [-0.4, -0.2) is 15.1 Å². The van der Waals surface area contributed by atoms with Crippen LogP contribution in [0.25, 0.3) is 10.8 Å². The largest absolute Gasteiger partial charge is 0.506 e. The number of hydrogen-bond donors (Lipinski definition) is 2. The van der Waals surface area contributed by atoms with Crippen LogP contribution in [0.4, 0.5) is 11.6 Å². The number of aromatic nitrogens is 2. The summed E-state index contributed by atoms with van der Waals surface area (Å²) in [5.41, 5.74) is 0.449. The van der Waals surface area contributed by atoms with E-state index < -0.39 is 0 Å². The van der Waals surface area contributed by atoms with E-state index in [4.69, 9.17) is 0 Å². The molecule has 1 heterocycles. The van der Waals surface area contributed by atoms with Crippen molar-refractivity contribution in [1.82, 2.24) is 9.97 Å². The zero-order valence-corrected chi connectivity index (χ0v) is 9.41. The maximum atomic E-state index is 9.85. The Balaban J connectivity index is 2.13. The maximum absolute atomic E-state index is 9.85. The summed E-state index contributed by atoms with van der Waals surface area (Å²) in [7, 11) is 0. The second-order valence-electron chi connectivity index (χ2n) is 3.77. The fourth-order valence-corrected chi connectivity index (χ4v) is 1.76. The molecule has 3 aromatic rings. The molecule has 0 unspecified atom stereocenters. The molecule has 5 nitrogen and oxygen atoms in total. The topological polar surface area (TPSA) is 73.6 Å². The van der Waals surface area contributed by atoms with Gasteiger partial charge in [0, 0.05) is 17.8 Å². The van der Waals surface area contributed by atoms with E-state index in [2.05, 4.69) is 20.2 Å². The van der Waals surface area contributed by atoms with Gasteiger partial charge >= 0.3 is 0 Å². The first kappa shape index (κ1) is 10.5. The number of phenols is 1. The Morgan fingerprint density at radius 1 is 1.06 bits per heavy atom. The number of benzene rings is 2. The SMILES string of the molecule is Oc1ccc2ccccc2c1N=Nc1ncc[nH]1. The average Bonchev–Trinajstić information content (AvgIpc) is 2.91. The Bertz CT molecular complexity index is 704. The molecule has 2 aromatic carbocycles. The predicted octanol–water partition coefficient (Wildman–Crippen LogP) is 3.68. The molecule has 1 aromatic heterocycles. The molecule has 0 saturated heterocycles. The summed E-state index contributed by atoms with van der Waals surface area (Å²) in [6.07, 6.45) is 3.26. The van der Waals surface area contributed by atoms with Gasteiger partial charge in [0.15, 0.2) is 0 Å². The molecular weight excluding hydrogens is 228 g/mol. The lowest BCUT2D eigenvalue weighted by molar-refractivity contribution is 0.477. The number of hydrogen-bond acceptors (Lipinski definition) is 4. The minimum Gasteiger partial charge on any atom is -0.506 e. The third kappa shape index (κ3) is 1.82. The molecule has 0 bridgehead atoms. The molecule has 0 amide bonds. The van der Waals surface area contributed by atoms with Crippen molar-refractivity contribution in [3.8, 4) is 5.75 Å². The van der Waals surface area contributed by atoms with Crippen molar-refractivity contribution in [1.29, 1.82) is 0 Å². The number of nitrogens with one attached hydrogen (secondary N) is 1. The van der Waals surface area contributed by atoms with Crippen LogP contribution >= 0.6 is 0 Å². The molecule has 0 aliphatic rings. The van der Waals surface area contributed by atoms with Gasteiger partial charge in [-0.3, -0.25) is 0 Å². The highest BCUT2D eigenvalue weighted by Crippen LogP contribution is 2.35. The molecule has 0 atom stereocenters. The lowest BCUT2D eigenvalue weighted by Gasteiger charge is -2.02. The number of fused-ring (bicyclic) bond motifs is 1. The summed E-state index contributed by atoms with van der Waals surface area (Å²) < 4.78 is 0. The molecule has 5 heteroatoms. The third-order valence-corrected chi connectivity index (χ3v) is 2.61. The Hall–Kier alpha value is -2.69. The molecule has 88 valence electrons. The summed E-state index contributed by atoms with van der Waals surface area (Å²) >= 11 is 0. The Labute approximate surface area is 103 Å². The molecule has 0 fully saturated rings. The minimum atomic E-state index is 0.101. The van der Waals surface area contributed by atoms with Crippen molar-refractivity contribution >= 4 is 22.4 Å². The first-order valence-electron chi connectivity index (χ1n) is 5.46. The molecule has 0 spiro atoms. The van der Waals surface area contributed by atoms with Crippen LogP contribution in [0.1, 0.15) is 0 Å². The fraction of sp³-hybridized carbons (Fsp3) is 0. The van der Waals surface area contributed by atoms with Gasteiger partial charge in [-0.15, -0.1) is 10.2 Å². The monoisotopic (exact) mass is 238 g/mol. The summed E-state index contributed by atoms with van der Waals surface area (Å²) in [6, 6.07) is 11.1. The van der Waals surface area contributed by atoms with E-state index in [1.807, 2.05) is 30.3 Å². The highest BCUT2D eigenvalue weighted by atomic mass is 16.3. The van der Waals surface area contributed by atoms with Crippen molar-refractivity contribution in [2.45, 2.75) is 0 Å². The van der Waals surface area contributed by atoms with Crippen molar-refractivity contribution in [2.75, 3.05) is 0 Å². The molecular formula is C13H10N4O. The smallest absolute Gasteiger partial charge is 0.246 e. The number of nitrogens with zero attached hydrogens (tertiary/aromatic N) is 3. The summed E-state index contributed by atoms with van der Waals surface area (Å²) in [5.74, 6) is 0.506. The molecule has 0 aliphatic carbocycles. The van der Waals surface area contributed by atoms with Gasteiger partial charge < -0.3 is 10.1 Å². The Morgan fingerprint density at radius 3 is 2.78 bits per heavy atom. The standard InChI is InChI=1S/C13H10N4O/c18-11-6-5-9-3-1-2-4-10(9)12(11)16-17-13-14-7-8-15-13/h1-8,18H,(H,14,15). The normalized spacial score (nSPS) is 11.3. The lowest BCUT2D eigenvalue weighted by Crippen LogP contribution is -1.74. The Kier molecular flexibility index (Phi) is 2.49. The van der Waals surface area contributed by atoms with E-state index >= 15 is 0 Å². The van der Waals surface area contributed by atoms with E-state index in [9.17, 15) is 5.11 Å². The zero-order chi connectivity index (χ0) is 12.4. The van der Waals surface area contributed by atoms with Crippen molar-refractivity contribution in [3.05, 3.63) is 48.8 Å². The van der Waals surface area contributed by atoms with Crippen LogP contribution < -0.4 is 0 Å². The van der Waals surface area contributed by atoms with Crippen LogP contribution in [0.5, 0.6) is 5.75 Å². The summed E-state index contributed by atoms with van der Waals surface area (Å²) in [4.78, 5) is 6.77. The molecule has 3 rings (SSSR count). The van der Waals surface area contributed by atoms with Crippen LogP contribution in [0.15, 0.2) is 59.0 Å². The summed E-state index contributed by atoms with van der Waals surface area (Å²) in [6.45, 7) is 0. The molecule has 0 saturated carbocycles. The highest BCUT2D eigenvalue weighted by Gasteiger charge is 2.05.